The van der Waals surface area contributed by atoms with E-state index in [0.717, 1.165) is 48.7 Å². The second-order valence-corrected chi connectivity index (χ2v) is 8.94. The summed E-state index contributed by atoms with van der Waals surface area (Å²) in [5.41, 5.74) is -0.438. The SMILES string of the molecule is CCC(C=N)Cc1cc(F)c(C(F)(F)Oc2ccc(-c3ccc(-c4ccc(F)c(F)c4)c(F)c3)cc2)c(F)c1. The predicted octanol–water partition coefficient (Wildman–Crippen LogP) is 9.06. The molecule has 1 N–H and O–H groups in total. The highest BCUT2D eigenvalue weighted by atomic mass is 19.3. The van der Waals surface area contributed by atoms with Crippen LogP contribution in [0.2, 0.25) is 0 Å². The highest BCUT2D eigenvalue weighted by Gasteiger charge is 2.41. The van der Waals surface area contributed by atoms with Crippen LogP contribution in [0, 0.1) is 40.4 Å². The van der Waals surface area contributed by atoms with E-state index < -0.39 is 40.8 Å². The largest absolute Gasteiger partial charge is 0.432 e. The van der Waals surface area contributed by atoms with E-state index in [1.54, 1.807) is 6.92 Å². The summed E-state index contributed by atoms with van der Waals surface area (Å²) < 4.78 is 105. The second-order valence-electron chi connectivity index (χ2n) is 8.94. The first kappa shape index (κ1) is 27.9. The van der Waals surface area contributed by atoms with Crippen LogP contribution in [0.25, 0.3) is 22.3 Å². The average molecular weight is 545 g/mol. The zero-order chi connectivity index (χ0) is 28.3. The Morgan fingerprint density at radius 2 is 1.31 bits per heavy atom. The third-order valence-electron chi connectivity index (χ3n) is 6.28. The van der Waals surface area contributed by atoms with Gasteiger partial charge >= 0.3 is 6.11 Å². The topological polar surface area (TPSA) is 33.1 Å². The van der Waals surface area contributed by atoms with Crippen molar-refractivity contribution in [3.8, 4) is 28.0 Å². The van der Waals surface area contributed by atoms with Gasteiger partial charge in [0, 0.05) is 5.56 Å². The van der Waals surface area contributed by atoms with Gasteiger partial charge in [0.25, 0.3) is 0 Å². The molecule has 0 bridgehead atoms. The number of halogens is 7. The van der Waals surface area contributed by atoms with Crippen LogP contribution in [-0.4, -0.2) is 6.21 Å². The van der Waals surface area contributed by atoms with Crippen LogP contribution in [0.1, 0.15) is 24.5 Å². The molecule has 1 atom stereocenters. The molecule has 0 fully saturated rings. The third-order valence-corrected chi connectivity index (χ3v) is 6.28. The Hall–Kier alpha value is -4.14. The van der Waals surface area contributed by atoms with Crippen LogP contribution in [-0.2, 0) is 12.5 Å². The fourth-order valence-electron chi connectivity index (χ4n) is 4.15. The van der Waals surface area contributed by atoms with Crippen molar-refractivity contribution in [3.05, 3.63) is 113 Å². The van der Waals surface area contributed by atoms with Gasteiger partial charge in [0.1, 0.15) is 28.8 Å². The second kappa shape index (κ2) is 11.3. The lowest BCUT2D eigenvalue weighted by atomic mass is 9.96. The van der Waals surface area contributed by atoms with Crippen LogP contribution in [0.3, 0.4) is 0 Å². The van der Waals surface area contributed by atoms with Gasteiger partial charge in [-0.2, -0.15) is 8.78 Å². The molecule has 0 radical (unpaired) electrons. The van der Waals surface area contributed by atoms with Gasteiger partial charge in [-0.3, -0.25) is 0 Å². The van der Waals surface area contributed by atoms with Crippen molar-refractivity contribution in [2.24, 2.45) is 5.92 Å². The van der Waals surface area contributed by atoms with E-state index >= 15 is 0 Å². The monoisotopic (exact) mass is 545 g/mol. The predicted molar refractivity (Wildman–Crippen MR) is 134 cm³/mol. The van der Waals surface area contributed by atoms with Gasteiger partial charge in [-0.05, 0) is 89.7 Å². The Bertz CT molecular complexity index is 1480. The molecule has 4 aromatic carbocycles. The maximum absolute atomic E-state index is 14.8. The first-order valence-electron chi connectivity index (χ1n) is 11.9. The summed E-state index contributed by atoms with van der Waals surface area (Å²) in [5.74, 6) is -6.50. The minimum atomic E-state index is -4.34. The van der Waals surface area contributed by atoms with Crippen LogP contribution in [0.5, 0.6) is 5.75 Å². The molecule has 0 aliphatic carbocycles. The van der Waals surface area contributed by atoms with Crippen molar-refractivity contribution >= 4 is 6.21 Å². The van der Waals surface area contributed by atoms with Crippen molar-refractivity contribution in [3.63, 3.8) is 0 Å². The molecule has 0 saturated heterocycles. The minimum absolute atomic E-state index is 0.0374. The summed E-state index contributed by atoms with van der Waals surface area (Å²) in [5, 5.41) is 7.33. The van der Waals surface area contributed by atoms with Gasteiger partial charge in [0.2, 0.25) is 0 Å². The summed E-state index contributed by atoms with van der Waals surface area (Å²) in [6.45, 7) is 1.80. The minimum Gasteiger partial charge on any atom is -0.429 e. The Balaban J connectivity index is 1.53. The average Bonchev–Trinajstić information content (AvgIpc) is 2.88. The number of benzene rings is 4. The van der Waals surface area contributed by atoms with Crippen molar-refractivity contribution < 1.29 is 35.5 Å². The van der Waals surface area contributed by atoms with Gasteiger partial charge in [-0.15, -0.1) is 0 Å². The molecule has 0 saturated carbocycles. The van der Waals surface area contributed by atoms with E-state index in [4.69, 9.17) is 5.41 Å². The standard InChI is InChI=1S/C30H22F7NO/c1-2-17(16-38)11-18-12-27(34)29(28(35)13-18)30(36,37)39-22-7-3-19(4-8-22)20-5-9-23(25(32)14-20)21-6-10-24(31)26(33)15-21/h3-10,12-17,38H,2,11H2,1H3. The molecule has 1 unspecified atom stereocenters. The van der Waals surface area contributed by atoms with Crippen molar-refractivity contribution in [1.82, 2.24) is 0 Å². The Kier molecular flexibility index (Phi) is 8.09. The molecule has 0 amide bonds. The number of hydrogen-bond acceptors (Lipinski definition) is 2. The number of rotatable bonds is 9. The highest BCUT2D eigenvalue weighted by Crippen LogP contribution is 2.37. The fourth-order valence-corrected chi connectivity index (χ4v) is 4.15. The molecule has 0 aliphatic heterocycles. The molecule has 9 heteroatoms. The van der Waals surface area contributed by atoms with E-state index in [1.807, 2.05) is 0 Å². The number of nitrogens with one attached hydrogen (secondary N) is 1. The summed E-state index contributed by atoms with van der Waals surface area (Å²) in [4.78, 5) is 0. The molecule has 39 heavy (non-hydrogen) atoms. The zero-order valence-electron chi connectivity index (χ0n) is 20.6. The molecule has 0 spiro atoms. The van der Waals surface area contributed by atoms with Gasteiger partial charge in [-0.25, -0.2) is 22.0 Å². The quantitative estimate of drug-likeness (QED) is 0.165. The maximum Gasteiger partial charge on any atom is 0.432 e. The fraction of sp³-hybridized carbons (Fsp3) is 0.167. The van der Waals surface area contributed by atoms with Crippen LogP contribution in [0.15, 0.2) is 72.8 Å². The Morgan fingerprint density at radius 1 is 0.718 bits per heavy atom. The van der Waals surface area contributed by atoms with E-state index in [2.05, 4.69) is 4.74 Å². The van der Waals surface area contributed by atoms with E-state index in [0.29, 0.717) is 17.5 Å². The molecular formula is C30H22F7NO. The molecule has 0 aliphatic rings. The summed E-state index contributed by atoms with van der Waals surface area (Å²) in [6.07, 6.45) is -2.52. The summed E-state index contributed by atoms with van der Waals surface area (Å²) in [7, 11) is 0. The Morgan fingerprint density at radius 3 is 1.87 bits per heavy atom. The number of alkyl halides is 2. The molecular weight excluding hydrogens is 523 g/mol. The van der Waals surface area contributed by atoms with Gasteiger partial charge in [0.05, 0.1) is 0 Å². The van der Waals surface area contributed by atoms with Crippen LogP contribution < -0.4 is 4.74 Å². The number of hydrogen-bond donors (Lipinski definition) is 1. The van der Waals surface area contributed by atoms with Crippen LogP contribution in [0.4, 0.5) is 30.7 Å². The molecule has 4 aromatic rings. The van der Waals surface area contributed by atoms with E-state index in [1.165, 1.54) is 30.3 Å². The summed E-state index contributed by atoms with van der Waals surface area (Å²) in [6, 6.07) is 13.6. The molecule has 4 rings (SSSR count). The normalized spacial score (nSPS) is 12.3. The van der Waals surface area contributed by atoms with E-state index in [-0.39, 0.29) is 34.8 Å². The lowest BCUT2D eigenvalue weighted by Crippen LogP contribution is -2.25. The highest BCUT2D eigenvalue weighted by molar-refractivity contribution is 5.71. The van der Waals surface area contributed by atoms with Crippen molar-refractivity contribution in [2.45, 2.75) is 25.9 Å². The van der Waals surface area contributed by atoms with E-state index in [9.17, 15) is 30.7 Å². The van der Waals surface area contributed by atoms with Crippen molar-refractivity contribution in [1.29, 1.82) is 5.41 Å². The summed E-state index contributed by atoms with van der Waals surface area (Å²) >= 11 is 0. The lowest BCUT2D eigenvalue weighted by Gasteiger charge is -2.20. The lowest BCUT2D eigenvalue weighted by molar-refractivity contribution is -0.189. The van der Waals surface area contributed by atoms with Crippen LogP contribution >= 0.6 is 0 Å². The number of ether oxygens (including phenoxy) is 1. The van der Waals surface area contributed by atoms with Gasteiger partial charge < -0.3 is 10.1 Å². The van der Waals surface area contributed by atoms with Gasteiger partial charge in [0.15, 0.2) is 11.6 Å². The molecule has 202 valence electrons. The first-order valence-corrected chi connectivity index (χ1v) is 11.9. The maximum atomic E-state index is 14.8. The van der Waals surface area contributed by atoms with Crippen molar-refractivity contribution in [2.75, 3.05) is 0 Å². The molecule has 2 nitrogen and oxygen atoms in total. The van der Waals surface area contributed by atoms with Gasteiger partial charge in [-0.1, -0.05) is 37.3 Å². The first-order chi connectivity index (χ1) is 18.5. The Labute approximate surface area is 220 Å². The molecule has 0 heterocycles. The smallest absolute Gasteiger partial charge is 0.429 e. The third kappa shape index (κ3) is 6.13. The zero-order valence-corrected chi connectivity index (χ0v) is 20.6. The molecule has 0 aromatic heterocycles.